The summed E-state index contributed by atoms with van der Waals surface area (Å²) in [6, 6.07) is 7.11. The second-order valence-corrected chi connectivity index (χ2v) is 7.82. The minimum atomic E-state index is -5.33. The van der Waals surface area contributed by atoms with Crippen molar-refractivity contribution in [1.29, 1.82) is 0 Å². The summed E-state index contributed by atoms with van der Waals surface area (Å²) in [7, 11) is 1.10. The maximum Gasteiger partial charge on any atom is 0.441 e. The van der Waals surface area contributed by atoms with Crippen molar-refractivity contribution in [3.63, 3.8) is 0 Å². The maximum absolute atomic E-state index is 14.4. The fraction of sp³-hybridized carbons (Fsp3) is 0.381. The molecule has 1 amide bonds. The summed E-state index contributed by atoms with van der Waals surface area (Å²) in [5, 5.41) is 3.57. The van der Waals surface area contributed by atoms with E-state index in [1.54, 1.807) is 25.2 Å². The molecule has 0 saturated heterocycles. The van der Waals surface area contributed by atoms with E-state index < -0.39 is 29.7 Å². The molecule has 1 unspecified atom stereocenters. The third-order valence-corrected chi connectivity index (χ3v) is 5.66. The molecular weight excluding hydrogens is 449 g/mol. The van der Waals surface area contributed by atoms with Gasteiger partial charge in [0, 0.05) is 10.4 Å². The highest BCUT2D eigenvalue weighted by atomic mass is 32.1. The van der Waals surface area contributed by atoms with Gasteiger partial charge in [-0.1, -0.05) is 25.1 Å². The molecule has 0 bridgehead atoms. The lowest BCUT2D eigenvalue weighted by atomic mass is 10.1. The van der Waals surface area contributed by atoms with Crippen LogP contribution in [0.5, 0.6) is 0 Å². The van der Waals surface area contributed by atoms with E-state index in [2.05, 4.69) is 10.1 Å². The zero-order valence-corrected chi connectivity index (χ0v) is 18.7. The average Bonchev–Trinajstić information content (AvgIpc) is 3.07. The number of halogens is 3. The third kappa shape index (κ3) is 4.87. The number of anilines is 1. The molecule has 0 aliphatic heterocycles. The molecule has 1 heterocycles. The standard InChI is InChI=1S/C21H23F3N2O5S/c1-5-14-12(3)32-17(15(14)18(28)30-4)26-20(21(22,23)24,19(29)31-6-2)25-16(27)13-10-8-7-9-11-13/h7-11,26H,5-6H2,1-4H3,(H,25,27). The minimum Gasteiger partial charge on any atom is -0.465 e. The molecule has 0 aliphatic rings. The summed E-state index contributed by atoms with van der Waals surface area (Å²) in [4.78, 5) is 38.2. The predicted molar refractivity (Wildman–Crippen MR) is 113 cm³/mol. The van der Waals surface area contributed by atoms with Crippen LogP contribution >= 0.6 is 11.3 Å². The molecular formula is C21H23F3N2O5S. The van der Waals surface area contributed by atoms with E-state index in [1.807, 2.05) is 0 Å². The number of amides is 1. The number of thiophene rings is 1. The first kappa shape index (κ1) is 25.2. The van der Waals surface area contributed by atoms with Gasteiger partial charge in [0.2, 0.25) is 0 Å². The van der Waals surface area contributed by atoms with Crippen LogP contribution in [0.1, 0.15) is 45.0 Å². The van der Waals surface area contributed by atoms with E-state index in [1.165, 1.54) is 31.2 Å². The topological polar surface area (TPSA) is 93.7 Å². The Balaban J connectivity index is 2.68. The van der Waals surface area contributed by atoms with Crippen LogP contribution in [-0.4, -0.2) is 43.4 Å². The molecule has 1 aromatic carbocycles. The first-order chi connectivity index (χ1) is 15.0. The number of hydrogen-bond donors (Lipinski definition) is 2. The number of aryl methyl sites for hydroxylation is 1. The van der Waals surface area contributed by atoms with Crippen LogP contribution in [0.25, 0.3) is 0 Å². The number of rotatable bonds is 8. The molecule has 0 saturated carbocycles. The number of esters is 2. The molecule has 1 atom stereocenters. The van der Waals surface area contributed by atoms with Crippen molar-refractivity contribution in [3.05, 3.63) is 51.9 Å². The van der Waals surface area contributed by atoms with Gasteiger partial charge >= 0.3 is 23.8 Å². The number of methoxy groups -OCH3 is 1. The summed E-state index contributed by atoms with van der Waals surface area (Å²) in [5.74, 6) is -3.80. The predicted octanol–water partition coefficient (Wildman–Crippen LogP) is 4.07. The Bertz CT molecular complexity index is 991. The Morgan fingerprint density at radius 2 is 1.72 bits per heavy atom. The van der Waals surface area contributed by atoms with Crippen molar-refractivity contribution in [2.45, 2.75) is 39.0 Å². The summed E-state index contributed by atoms with van der Waals surface area (Å²) in [5.41, 5.74) is -3.42. The van der Waals surface area contributed by atoms with Crippen molar-refractivity contribution >= 4 is 34.2 Å². The molecule has 11 heteroatoms. The van der Waals surface area contributed by atoms with Gasteiger partial charge in [-0.2, -0.15) is 13.2 Å². The summed E-state index contributed by atoms with van der Waals surface area (Å²) >= 11 is 0.840. The van der Waals surface area contributed by atoms with Gasteiger partial charge < -0.3 is 20.1 Å². The van der Waals surface area contributed by atoms with Crippen LogP contribution in [-0.2, 0) is 20.7 Å². The summed E-state index contributed by atoms with van der Waals surface area (Å²) in [6.07, 6.45) is -5.00. The minimum absolute atomic E-state index is 0.1000. The fourth-order valence-electron chi connectivity index (χ4n) is 3.04. The van der Waals surface area contributed by atoms with Crippen LogP contribution in [0.4, 0.5) is 18.2 Å². The highest BCUT2D eigenvalue weighted by molar-refractivity contribution is 7.16. The fourth-order valence-corrected chi connectivity index (χ4v) is 4.23. The smallest absolute Gasteiger partial charge is 0.441 e. The monoisotopic (exact) mass is 472 g/mol. The number of ether oxygens (including phenoxy) is 2. The van der Waals surface area contributed by atoms with Crippen molar-refractivity contribution in [1.82, 2.24) is 5.32 Å². The molecule has 2 rings (SSSR count). The Kier molecular flexibility index (Phi) is 7.89. The molecule has 2 N–H and O–H groups in total. The zero-order chi connectivity index (χ0) is 24.1. The number of alkyl halides is 3. The second-order valence-electron chi connectivity index (χ2n) is 6.60. The first-order valence-corrected chi connectivity index (χ1v) is 10.4. The molecule has 7 nitrogen and oxygen atoms in total. The molecule has 32 heavy (non-hydrogen) atoms. The lowest BCUT2D eigenvalue weighted by Crippen LogP contribution is -2.69. The van der Waals surface area contributed by atoms with E-state index in [0.717, 1.165) is 18.4 Å². The van der Waals surface area contributed by atoms with Crippen molar-refractivity contribution in [3.8, 4) is 0 Å². The van der Waals surface area contributed by atoms with Gasteiger partial charge in [-0.15, -0.1) is 11.3 Å². The quantitative estimate of drug-likeness (QED) is 0.445. The molecule has 0 fully saturated rings. The van der Waals surface area contributed by atoms with Gasteiger partial charge in [-0.3, -0.25) is 4.79 Å². The highest BCUT2D eigenvalue weighted by Crippen LogP contribution is 2.40. The van der Waals surface area contributed by atoms with E-state index >= 15 is 0 Å². The normalized spacial score (nSPS) is 13.1. The highest BCUT2D eigenvalue weighted by Gasteiger charge is 2.64. The number of hydrogen-bond acceptors (Lipinski definition) is 7. The van der Waals surface area contributed by atoms with Gasteiger partial charge in [-0.05, 0) is 38.0 Å². The van der Waals surface area contributed by atoms with E-state index in [4.69, 9.17) is 4.74 Å². The number of benzene rings is 1. The van der Waals surface area contributed by atoms with Crippen molar-refractivity contribution < 1.29 is 37.0 Å². The van der Waals surface area contributed by atoms with Gasteiger partial charge in [0.25, 0.3) is 5.91 Å². The Morgan fingerprint density at radius 1 is 1.09 bits per heavy atom. The molecule has 2 aromatic rings. The van der Waals surface area contributed by atoms with E-state index in [9.17, 15) is 27.6 Å². The lowest BCUT2D eigenvalue weighted by Gasteiger charge is -2.35. The largest absolute Gasteiger partial charge is 0.465 e. The van der Waals surface area contributed by atoms with E-state index in [0.29, 0.717) is 16.9 Å². The average molecular weight is 472 g/mol. The lowest BCUT2D eigenvalue weighted by molar-refractivity contribution is -0.204. The van der Waals surface area contributed by atoms with Crippen LogP contribution in [0.15, 0.2) is 30.3 Å². The molecule has 174 valence electrons. The van der Waals surface area contributed by atoms with Gasteiger partial charge in [-0.25, -0.2) is 9.59 Å². The zero-order valence-electron chi connectivity index (χ0n) is 17.9. The number of carbonyl (C=O) groups is 3. The Labute approximate surface area is 186 Å². The first-order valence-electron chi connectivity index (χ1n) is 9.62. The van der Waals surface area contributed by atoms with Crippen LogP contribution in [0.2, 0.25) is 0 Å². The molecule has 1 aromatic heterocycles. The Morgan fingerprint density at radius 3 is 2.22 bits per heavy atom. The van der Waals surface area contributed by atoms with Crippen LogP contribution < -0.4 is 10.6 Å². The van der Waals surface area contributed by atoms with Crippen molar-refractivity contribution in [2.24, 2.45) is 0 Å². The number of nitrogens with one attached hydrogen (secondary N) is 2. The maximum atomic E-state index is 14.4. The third-order valence-electron chi connectivity index (χ3n) is 4.60. The second kappa shape index (κ2) is 10.0. The van der Waals surface area contributed by atoms with Gasteiger partial charge in [0.05, 0.1) is 19.3 Å². The molecule has 0 aliphatic carbocycles. The van der Waals surface area contributed by atoms with Gasteiger partial charge in [0.15, 0.2) is 0 Å². The summed E-state index contributed by atoms with van der Waals surface area (Å²) in [6.45, 7) is 4.32. The van der Waals surface area contributed by atoms with Crippen molar-refractivity contribution in [2.75, 3.05) is 19.0 Å². The van der Waals surface area contributed by atoms with E-state index in [-0.39, 0.29) is 22.7 Å². The van der Waals surface area contributed by atoms with Gasteiger partial charge in [0.1, 0.15) is 5.00 Å². The van der Waals surface area contributed by atoms with Crippen LogP contribution in [0, 0.1) is 6.92 Å². The SMILES string of the molecule is CCOC(=O)C(NC(=O)c1ccccc1)(Nc1sc(C)c(CC)c1C(=O)OC)C(F)(F)F. The molecule has 0 spiro atoms. The number of carbonyl (C=O) groups excluding carboxylic acids is 3. The Hall–Kier alpha value is -3.08. The molecule has 0 radical (unpaired) electrons. The van der Waals surface area contributed by atoms with Crippen LogP contribution in [0.3, 0.4) is 0 Å². The summed E-state index contributed by atoms with van der Waals surface area (Å²) < 4.78 is 52.7.